The lowest BCUT2D eigenvalue weighted by atomic mass is 9.93. The van der Waals surface area contributed by atoms with Crippen LogP contribution in [-0.4, -0.2) is 0 Å². The molecule has 0 heterocycles. The van der Waals surface area contributed by atoms with Gasteiger partial charge in [0.05, 0.1) is 0 Å². The quantitative estimate of drug-likeness (QED) is 0.281. The Balaban J connectivity index is 1.69. The van der Waals surface area contributed by atoms with E-state index in [1.54, 1.807) is 6.07 Å². The molecule has 0 N–H and O–H groups in total. The van der Waals surface area contributed by atoms with E-state index >= 15 is 0 Å². The van der Waals surface area contributed by atoms with Gasteiger partial charge < -0.3 is 0 Å². The first-order valence-electron chi connectivity index (χ1n) is 10.3. The maximum absolute atomic E-state index is 6.65. The number of halogens is 3. The zero-order valence-corrected chi connectivity index (χ0v) is 20.0. The molecule has 3 heteroatoms. The molecule has 0 radical (unpaired) electrons. The minimum absolute atomic E-state index is 0.590. The van der Waals surface area contributed by atoms with Gasteiger partial charge in [-0.1, -0.05) is 96.3 Å². The van der Waals surface area contributed by atoms with Crippen LogP contribution in [0.5, 0.6) is 0 Å². The highest BCUT2D eigenvalue weighted by Crippen LogP contribution is 2.38. The molecule has 0 unspecified atom stereocenters. The Morgan fingerprint density at radius 2 is 1.13 bits per heavy atom. The standard InChI is InChI=1S/C28H23Cl3/c1-4-19-14-22(6-5-17(19)2)24-10-7-20(13-18(24)3)21-8-11-25(27(30)15-21)26-12-9-23(29)16-28(26)31/h5-16H,4H2,1-3H3. The summed E-state index contributed by atoms with van der Waals surface area (Å²) in [6, 6.07) is 24.9. The summed E-state index contributed by atoms with van der Waals surface area (Å²) in [5.41, 5.74) is 10.5. The number of aryl methyl sites for hydroxylation is 3. The van der Waals surface area contributed by atoms with Crippen molar-refractivity contribution in [3.63, 3.8) is 0 Å². The lowest BCUT2D eigenvalue weighted by Gasteiger charge is -2.13. The van der Waals surface area contributed by atoms with Crippen molar-refractivity contribution in [2.75, 3.05) is 0 Å². The van der Waals surface area contributed by atoms with Crippen LogP contribution in [0.3, 0.4) is 0 Å². The topological polar surface area (TPSA) is 0 Å². The van der Waals surface area contributed by atoms with E-state index in [0.717, 1.165) is 28.7 Å². The second kappa shape index (κ2) is 9.09. The summed E-state index contributed by atoms with van der Waals surface area (Å²) in [7, 11) is 0. The van der Waals surface area contributed by atoms with Crippen molar-refractivity contribution in [3.05, 3.63) is 105 Å². The monoisotopic (exact) mass is 464 g/mol. The number of benzene rings is 4. The lowest BCUT2D eigenvalue weighted by Crippen LogP contribution is -1.90. The first-order chi connectivity index (χ1) is 14.9. The zero-order valence-electron chi connectivity index (χ0n) is 17.8. The van der Waals surface area contributed by atoms with Crippen LogP contribution in [0.4, 0.5) is 0 Å². The van der Waals surface area contributed by atoms with Gasteiger partial charge in [-0.05, 0) is 77.4 Å². The molecule has 0 saturated heterocycles. The fourth-order valence-electron chi connectivity index (χ4n) is 4.01. The molecule has 0 bridgehead atoms. The summed E-state index contributed by atoms with van der Waals surface area (Å²) < 4.78 is 0. The maximum atomic E-state index is 6.65. The second-order valence-corrected chi connectivity index (χ2v) is 9.09. The fourth-order valence-corrected chi connectivity index (χ4v) is 4.80. The van der Waals surface area contributed by atoms with Crippen molar-refractivity contribution < 1.29 is 0 Å². The van der Waals surface area contributed by atoms with Gasteiger partial charge in [-0.2, -0.15) is 0 Å². The maximum Gasteiger partial charge on any atom is 0.0499 e. The Morgan fingerprint density at radius 1 is 0.548 bits per heavy atom. The van der Waals surface area contributed by atoms with Crippen molar-refractivity contribution >= 4 is 34.8 Å². The van der Waals surface area contributed by atoms with Crippen LogP contribution in [0, 0.1) is 13.8 Å². The molecule has 31 heavy (non-hydrogen) atoms. The molecule has 0 aliphatic rings. The molecular formula is C28H23Cl3. The fraction of sp³-hybridized carbons (Fsp3) is 0.143. The molecule has 4 aromatic rings. The zero-order chi connectivity index (χ0) is 22.1. The molecule has 0 fully saturated rings. The third-order valence-electron chi connectivity index (χ3n) is 5.79. The molecule has 0 saturated carbocycles. The van der Waals surface area contributed by atoms with Crippen LogP contribution in [0.25, 0.3) is 33.4 Å². The van der Waals surface area contributed by atoms with Crippen molar-refractivity contribution in [2.24, 2.45) is 0 Å². The van der Waals surface area contributed by atoms with Crippen LogP contribution >= 0.6 is 34.8 Å². The Bertz CT molecular complexity index is 1270. The predicted molar refractivity (Wildman–Crippen MR) is 137 cm³/mol. The Morgan fingerprint density at radius 3 is 1.74 bits per heavy atom. The molecular weight excluding hydrogens is 443 g/mol. The largest absolute Gasteiger partial charge is 0.0843 e. The highest BCUT2D eigenvalue weighted by Gasteiger charge is 2.11. The summed E-state index contributed by atoms with van der Waals surface area (Å²) in [6.07, 6.45) is 1.04. The van der Waals surface area contributed by atoms with Crippen molar-refractivity contribution in [2.45, 2.75) is 27.2 Å². The molecule has 0 aliphatic heterocycles. The van der Waals surface area contributed by atoms with Gasteiger partial charge in [0, 0.05) is 26.2 Å². The summed E-state index contributed by atoms with van der Waals surface area (Å²) in [5.74, 6) is 0. The van der Waals surface area contributed by atoms with Gasteiger partial charge in [0.2, 0.25) is 0 Å². The SMILES string of the molecule is CCc1cc(-c2ccc(-c3ccc(-c4ccc(Cl)cc4Cl)c(Cl)c3)cc2C)ccc1C. The average Bonchev–Trinajstić information content (AvgIpc) is 2.75. The highest BCUT2D eigenvalue weighted by atomic mass is 35.5. The average molecular weight is 466 g/mol. The number of rotatable bonds is 4. The summed E-state index contributed by atoms with van der Waals surface area (Å²) in [4.78, 5) is 0. The normalized spacial score (nSPS) is 11.0. The first kappa shape index (κ1) is 22.0. The van der Waals surface area contributed by atoms with Gasteiger partial charge in [0.25, 0.3) is 0 Å². The van der Waals surface area contributed by atoms with Crippen molar-refractivity contribution in [3.8, 4) is 33.4 Å². The summed E-state index contributed by atoms with van der Waals surface area (Å²) in [6.45, 7) is 6.53. The van der Waals surface area contributed by atoms with Crippen LogP contribution in [0.2, 0.25) is 15.1 Å². The molecule has 0 nitrogen and oxygen atoms in total. The third kappa shape index (κ3) is 4.53. The third-order valence-corrected chi connectivity index (χ3v) is 6.65. The molecule has 4 rings (SSSR count). The van der Waals surface area contributed by atoms with Crippen LogP contribution < -0.4 is 0 Å². The summed E-state index contributed by atoms with van der Waals surface area (Å²) >= 11 is 19.1. The molecule has 0 atom stereocenters. The van der Waals surface area contributed by atoms with Gasteiger partial charge in [0.15, 0.2) is 0 Å². The van der Waals surface area contributed by atoms with Gasteiger partial charge in [-0.15, -0.1) is 0 Å². The molecule has 0 aliphatic carbocycles. The van der Waals surface area contributed by atoms with Gasteiger partial charge in [0.1, 0.15) is 0 Å². The van der Waals surface area contributed by atoms with Crippen molar-refractivity contribution in [1.82, 2.24) is 0 Å². The van der Waals surface area contributed by atoms with Crippen LogP contribution in [0.15, 0.2) is 72.8 Å². The van der Waals surface area contributed by atoms with Crippen LogP contribution in [0.1, 0.15) is 23.6 Å². The lowest BCUT2D eigenvalue weighted by molar-refractivity contribution is 1.11. The number of hydrogen-bond acceptors (Lipinski definition) is 0. The molecule has 156 valence electrons. The molecule has 0 amide bonds. The Hall–Kier alpha value is -2.25. The van der Waals surface area contributed by atoms with E-state index in [0.29, 0.717) is 15.1 Å². The van der Waals surface area contributed by atoms with E-state index < -0.39 is 0 Å². The van der Waals surface area contributed by atoms with Crippen LogP contribution in [-0.2, 0) is 6.42 Å². The van der Waals surface area contributed by atoms with Gasteiger partial charge >= 0.3 is 0 Å². The van der Waals surface area contributed by atoms with E-state index in [2.05, 4.69) is 63.2 Å². The molecule has 4 aromatic carbocycles. The summed E-state index contributed by atoms with van der Waals surface area (Å²) in [5, 5.41) is 1.86. The number of hydrogen-bond donors (Lipinski definition) is 0. The van der Waals surface area contributed by atoms with E-state index in [4.69, 9.17) is 34.8 Å². The Labute approximate surface area is 199 Å². The molecule has 0 aromatic heterocycles. The minimum Gasteiger partial charge on any atom is -0.0843 e. The smallest absolute Gasteiger partial charge is 0.0499 e. The minimum atomic E-state index is 0.590. The van der Waals surface area contributed by atoms with E-state index in [1.807, 2.05) is 24.3 Å². The predicted octanol–water partition coefficient (Wildman–Crippen LogP) is 9.83. The van der Waals surface area contributed by atoms with E-state index in [1.165, 1.54) is 27.8 Å². The Kier molecular flexibility index (Phi) is 6.44. The van der Waals surface area contributed by atoms with E-state index in [-0.39, 0.29) is 0 Å². The van der Waals surface area contributed by atoms with Gasteiger partial charge in [-0.3, -0.25) is 0 Å². The molecule has 0 spiro atoms. The van der Waals surface area contributed by atoms with Gasteiger partial charge in [-0.25, -0.2) is 0 Å². The second-order valence-electron chi connectivity index (χ2n) is 7.84. The first-order valence-corrected chi connectivity index (χ1v) is 11.5. The highest BCUT2D eigenvalue weighted by molar-refractivity contribution is 6.38. The van der Waals surface area contributed by atoms with E-state index in [9.17, 15) is 0 Å². The van der Waals surface area contributed by atoms with Crippen molar-refractivity contribution in [1.29, 1.82) is 0 Å².